The number of likely N-dealkylation sites (tertiary alicyclic amines) is 1. The Labute approximate surface area is 203 Å². The van der Waals surface area contributed by atoms with Gasteiger partial charge in [-0.25, -0.2) is 4.98 Å². The monoisotopic (exact) mass is 472 g/mol. The summed E-state index contributed by atoms with van der Waals surface area (Å²) >= 11 is 0. The zero-order chi connectivity index (χ0) is 24.0. The normalized spacial score (nSPS) is 14.7. The topological polar surface area (TPSA) is 98.3 Å². The first-order valence-corrected chi connectivity index (χ1v) is 11.7. The highest BCUT2D eigenvalue weighted by Gasteiger charge is 2.26. The maximum Gasteiger partial charge on any atom is 0.241 e. The van der Waals surface area contributed by atoms with Gasteiger partial charge in [-0.3, -0.25) is 9.69 Å². The number of nitrogens with one attached hydrogen (secondary N) is 1. The van der Waals surface area contributed by atoms with Gasteiger partial charge in [0.15, 0.2) is 0 Å². The smallest absolute Gasteiger partial charge is 0.241 e. The Morgan fingerprint density at radius 1 is 1.14 bits per heavy atom. The minimum atomic E-state index is 0.00389. The average Bonchev–Trinajstić information content (AvgIpc) is 3.61. The van der Waals surface area contributed by atoms with Gasteiger partial charge in [0.25, 0.3) is 0 Å². The lowest BCUT2D eigenvalue weighted by Crippen LogP contribution is -2.40. The Morgan fingerprint density at radius 3 is 2.69 bits per heavy atom. The van der Waals surface area contributed by atoms with Gasteiger partial charge in [0.05, 0.1) is 25.7 Å². The summed E-state index contributed by atoms with van der Waals surface area (Å²) in [5, 5.41) is 7.23. The lowest BCUT2D eigenvalue weighted by molar-refractivity contribution is -0.126. The number of piperidine rings is 1. The number of amides is 1. The lowest BCUT2D eigenvalue weighted by Gasteiger charge is -2.30. The predicted octanol–water partition coefficient (Wildman–Crippen LogP) is 3.46. The Balaban J connectivity index is 1.11. The van der Waals surface area contributed by atoms with Crippen molar-refractivity contribution in [1.29, 1.82) is 0 Å². The standard InChI is InChI=1S/C26H28N6O3/c1-34-22-8-6-19(7-9-22)25-29-24(35-30-25)17-31-13-10-20(11-14-31)26(33)28-16-21-4-2-3-5-23(21)32-15-12-27-18-32/h2-9,12,15,18,20H,10-11,13-14,16-17H2,1H3,(H,28,33). The number of carbonyl (C=O) groups excluding carboxylic acids is 1. The number of ether oxygens (including phenoxy) is 1. The number of hydrogen-bond acceptors (Lipinski definition) is 7. The maximum atomic E-state index is 12.8. The number of methoxy groups -OCH3 is 1. The van der Waals surface area contributed by atoms with E-state index in [4.69, 9.17) is 9.26 Å². The third-order valence-electron chi connectivity index (χ3n) is 6.36. The van der Waals surface area contributed by atoms with Crippen molar-refractivity contribution in [3.63, 3.8) is 0 Å². The summed E-state index contributed by atoms with van der Waals surface area (Å²) < 4.78 is 12.6. The zero-order valence-electron chi connectivity index (χ0n) is 19.6. The van der Waals surface area contributed by atoms with Gasteiger partial charge in [-0.1, -0.05) is 23.4 Å². The molecule has 35 heavy (non-hydrogen) atoms. The second kappa shape index (κ2) is 10.5. The molecular formula is C26H28N6O3. The van der Waals surface area contributed by atoms with E-state index in [1.54, 1.807) is 19.6 Å². The predicted molar refractivity (Wildman–Crippen MR) is 130 cm³/mol. The molecule has 1 aliphatic heterocycles. The van der Waals surface area contributed by atoms with Crippen molar-refractivity contribution < 1.29 is 14.1 Å². The number of rotatable bonds is 8. The molecule has 0 unspecified atom stereocenters. The highest BCUT2D eigenvalue weighted by atomic mass is 16.5. The van der Waals surface area contributed by atoms with E-state index in [1.165, 1.54) is 0 Å². The third-order valence-corrected chi connectivity index (χ3v) is 6.36. The van der Waals surface area contributed by atoms with Crippen LogP contribution in [0, 0.1) is 5.92 Å². The van der Waals surface area contributed by atoms with Crippen molar-refractivity contribution in [1.82, 2.24) is 29.9 Å². The van der Waals surface area contributed by atoms with Crippen LogP contribution in [0.3, 0.4) is 0 Å². The zero-order valence-corrected chi connectivity index (χ0v) is 19.6. The van der Waals surface area contributed by atoms with Crippen molar-refractivity contribution in [2.75, 3.05) is 20.2 Å². The molecule has 3 heterocycles. The van der Waals surface area contributed by atoms with Gasteiger partial charge >= 0.3 is 0 Å². The van der Waals surface area contributed by atoms with E-state index in [9.17, 15) is 4.79 Å². The Bertz CT molecular complexity index is 1240. The molecule has 180 valence electrons. The molecule has 0 aliphatic carbocycles. The van der Waals surface area contributed by atoms with E-state index in [-0.39, 0.29) is 11.8 Å². The number of aromatic nitrogens is 4. The fourth-order valence-electron chi connectivity index (χ4n) is 4.36. The number of carbonyl (C=O) groups is 1. The Hall–Kier alpha value is -3.98. The summed E-state index contributed by atoms with van der Waals surface area (Å²) in [6, 6.07) is 15.6. The van der Waals surface area contributed by atoms with Crippen LogP contribution >= 0.6 is 0 Å². The maximum absolute atomic E-state index is 12.8. The Kier molecular flexibility index (Phi) is 6.85. The van der Waals surface area contributed by atoms with E-state index < -0.39 is 0 Å². The molecule has 2 aromatic carbocycles. The fraction of sp³-hybridized carbons (Fsp3) is 0.308. The van der Waals surface area contributed by atoms with Gasteiger partial charge in [0.1, 0.15) is 5.75 Å². The van der Waals surface area contributed by atoms with Gasteiger partial charge in [-0.2, -0.15) is 4.98 Å². The number of hydrogen-bond donors (Lipinski definition) is 1. The van der Waals surface area contributed by atoms with E-state index in [0.29, 0.717) is 24.8 Å². The molecule has 0 atom stereocenters. The van der Waals surface area contributed by atoms with Gasteiger partial charge in [-0.15, -0.1) is 0 Å². The molecule has 1 amide bonds. The molecule has 1 saturated heterocycles. The molecule has 1 aliphatic rings. The summed E-state index contributed by atoms with van der Waals surface area (Å²) in [5.74, 6) is 2.03. The number of imidazole rings is 1. The molecule has 9 heteroatoms. The summed E-state index contributed by atoms with van der Waals surface area (Å²) in [5.41, 5.74) is 2.96. The molecule has 5 rings (SSSR count). The van der Waals surface area contributed by atoms with E-state index >= 15 is 0 Å². The highest BCUT2D eigenvalue weighted by Crippen LogP contribution is 2.22. The molecular weight excluding hydrogens is 444 g/mol. The van der Waals surface area contributed by atoms with Crippen LogP contribution in [-0.2, 0) is 17.9 Å². The van der Waals surface area contributed by atoms with Crippen LogP contribution in [0.1, 0.15) is 24.3 Å². The quantitative estimate of drug-likeness (QED) is 0.419. The third kappa shape index (κ3) is 5.41. The van der Waals surface area contributed by atoms with Gasteiger partial charge < -0.3 is 19.1 Å². The van der Waals surface area contributed by atoms with Crippen LogP contribution in [0.15, 0.2) is 71.8 Å². The SMILES string of the molecule is COc1ccc(-c2noc(CN3CCC(C(=O)NCc4ccccc4-n4ccnc4)CC3)n2)cc1. The second-order valence-electron chi connectivity index (χ2n) is 8.61. The molecule has 2 aromatic heterocycles. The largest absolute Gasteiger partial charge is 0.497 e. The molecule has 9 nitrogen and oxygen atoms in total. The van der Waals surface area contributed by atoms with E-state index in [1.807, 2.05) is 59.3 Å². The number of para-hydroxylation sites is 1. The van der Waals surface area contributed by atoms with Crippen LogP contribution in [0.2, 0.25) is 0 Å². The van der Waals surface area contributed by atoms with Crippen molar-refractivity contribution in [2.45, 2.75) is 25.9 Å². The fourth-order valence-corrected chi connectivity index (χ4v) is 4.36. The van der Waals surface area contributed by atoms with Crippen molar-refractivity contribution in [3.8, 4) is 22.8 Å². The van der Waals surface area contributed by atoms with Crippen LogP contribution in [0.4, 0.5) is 0 Å². The summed E-state index contributed by atoms with van der Waals surface area (Å²) in [7, 11) is 1.64. The van der Waals surface area contributed by atoms with E-state index in [0.717, 1.165) is 48.5 Å². The molecule has 1 fully saturated rings. The van der Waals surface area contributed by atoms with Crippen LogP contribution in [-0.4, -0.2) is 50.7 Å². The van der Waals surface area contributed by atoms with Gasteiger partial charge in [-0.05, 0) is 61.8 Å². The summed E-state index contributed by atoms with van der Waals surface area (Å²) in [6.45, 7) is 2.69. The molecule has 0 bridgehead atoms. The first-order chi connectivity index (χ1) is 17.2. The first kappa shape index (κ1) is 22.8. The highest BCUT2D eigenvalue weighted by molar-refractivity contribution is 5.78. The minimum absolute atomic E-state index is 0.00389. The lowest BCUT2D eigenvalue weighted by atomic mass is 9.96. The van der Waals surface area contributed by atoms with Crippen molar-refractivity contribution in [3.05, 3.63) is 78.7 Å². The Morgan fingerprint density at radius 2 is 1.94 bits per heavy atom. The average molecular weight is 473 g/mol. The number of nitrogens with zero attached hydrogens (tertiary/aromatic N) is 5. The van der Waals surface area contributed by atoms with E-state index in [2.05, 4.69) is 25.3 Å². The van der Waals surface area contributed by atoms with Crippen LogP contribution < -0.4 is 10.1 Å². The van der Waals surface area contributed by atoms with Crippen LogP contribution in [0.5, 0.6) is 5.75 Å². The molecule has 4 aromatic rings. The van der Waals surface area contributed by atoms with Crippen LogP contribution in [0.25, 0.3) is 17.1 Å². The molecule has 1 N–H and O–H groups in total. The van der Waals surface area contributed by atoms with Gasteiger partial charge in [0.2, 0.25) is 17.6 Å². The minimum Gasteiger partial charge on any atom is -0.497 e. The number of benzene rings is 2. The molecule has 0 radical (unpaired) electrons. The van der Waals surface area contributed by atoms with Gasteiger partial charge in [0, 0.05) is 30.4 Å². The first-order valence-electron chi connectivity index (χ1n) is 11.7. The van der Waals surface area contributed by atoms with Crippen molar-refractivity contribution in [2.24, 2.45) is 5.92 Å². The molecule has 0 saturated carbocycles. The molecule has 0 spiro atoms. The summed E-state index contributed by atoms with van der Waals surface area (Å²) in [6.07, 6.45) is 7.01. The van der Waals surface area contributed by atoms with Crippen molar-refractivity contribution >= 4 is 5.91 Å². The second-order valence-corrected chi connectivity index (χ2v) is 8.61. The summed E-state index contributed by atoms with van der Waals surface area (Å²) in [4.78, 5) is 23.7.